The maximum absolute atomic E-state index is 12.4. The predicted octanol–water partition coefficient (Wildman–Crippen LogP) is 3.53. The number of anilines is 1. The van der Waals surface area contributed by atoms with E-state index < -0.39 is 0 Å². The number of nitrogens with zero attached hydrogens (tertiary/aromatic N) is 2. The van der Waals surface area contributed by atoms with Crippen molar-refractivity contribution in [2.24, 2.45) is 0 Å². The molecule has 2 amide bonds. The first kappa shape index (κ1) is 16.5. The number of aryl methyl sites for hydroxylation is 1. The normalized spacial score (nSPS) is 13.8. The molecule has 1 N–H and O–H groups in total. The summed E-state index contributed by atoms with van der Waals surface area (Å²) in [7, 11) is 0. The maximum atomic E-state index is 12.4. The summed E-state index contributed by atoms with van der Waals surface area (Å²) in [6.07, 6.45) is 3.55. The molecule has 24 heavy (non-hydrogen) atoms. The van der Waals surface area contributed by atoms with Gasteiger partial charge in [0.25, 0.3) is 11.8 Å². The molecule has 2 aromatic rings. The zero-order valence-electron chi connectivity index (χ0n) is 13.4. The Kier molecular flexibility index (Phi) is 4.81. The van der Waals surface area contributed by atoms with Crippen LogP contribution in [0.25, 0.3) is 0 Å². The lowest BCUT2D eigenvalue weighted by atomic mass is 10.1. The molecule has 5 nitrogen and oxygen atoms in total. The van der Waals surface area contributed by atoms with Crippen LogP contribution >= 0.6 is 11.6 Å². The van der Waals surface area contributed by atoms with Gasteiger partial charge in [0.1, 0.15) is 5.69 Å². The van der Waals surface area contributed by atoms with Crippen molar-refractivity contribution in [3.8, 4) is 0 Å². The molecule has 2 heterocycles. The van der Waals surface area contributed by atoms with Crippen molar-refractivity contribution in [2.75, 3.05) is 18.4 Å². The Bertz CT molecular complexity index is 786. The van der Waals surface area contributed by atoms with E-state index in [2.05, 4.69) is 10.3 Å². The number of likely N-dealkylation sites (tertiary alicyclic amines) is 1. The Morgan fingerprint density at radius 1 is 1.17 bits per heavy atom. The van der Waals surface area contributed by atoms with Gasteiger partial charge in [0, 0.05) is 35.6 Å². The molecule has 1 aliphatic rings. The van der Waals surface area contributed by atoms with Gasteiger partial charge in [0.2, 0.25) is 0 Å². The SMILES string of the molecule is Cc1cc(Cl)ccc1NC(=O)c1cc(C(=O)N2CCCC2)ccn1. The molecule has 1 saturated heterocycles. The third-order valence-electron chi connectivity index (χ3n) is 4.07. The summed E-state index contributed by atoms with van der Waals surface area (Å²) in [6, 6.07) is 8.42. The maximum Gasteiger partial charge on any atom is 0.274 e. The lowest BCUT2D eigenvalue weighted by molar-refractivity contribution is 0.0792. The molecule has 0 bridgehead atoms. The number of rotatable bonds is 3. The molecule has 0 saturated carbocycles. The highest BCUT2D eigenvalue weighted by atomic mass is 35.5. The van der Waals surface area contributed by atoms with E-state index >= 15 is 0 Å². The highest BCUT2D eigenvalue weighted by Gasteiger charge is 2.20. The number of carbonyl (C=O) groups is 2. The molecule has 1 fully saturated rings. The molecule has 0 radical (unpaired) electrons. The second-order valence-electron chi connectivity index (χ2n) is 5.84. The minimum atomic E-state index is -0.350. The van der Waals surface area contributed by atoms with Gasteiger partial charge in [-0.3, -0.25) is 14.6 Å². The number of benzene rings is 1. The van der Waals surface area contributed by atoms with Crippen molar-refractivity contribution in [1.29, 1.82) is 0 Å². The van der Waals surface area contributed by atoms with Crippen LogP contribution in [0, 0.1) is 6.92 Å². The third-order valence-corrected chi connectivity index (χ3v) is 4.30. The minimum Gasteiger partial charge on any atom is -0.339 e. The van der Waals surface area contributed by atoms with E-state index in [-0.39, 0.29) is 17.5 Å². The number of amides is 2. The number of carbonyl (C=O) groups excluding carboxylic acids is 2. The van der Waals surface area contributed by atoms with E-state index in [9.17, 15) is 9.59 Å². The van der Waals surface area contributed by atoms with Gasteiger partial charge >= 0.3 is 0 Å². The van der Waals surface area contributed by atoms with Crippen LogP contribution in [0.5, 0.6) is 0 Å². The van der Waals surface area contributed by atoms with E-state index in [4.69, 9.17) is 11.6 Å². The summed E-state index contributed by atoms with van der Waals surface area (Å²) >= 11 is 5.92. The Hall–Kier alpha value is -2.40. The topological polar surface area (TPSA) is 62.3 Å². The minimum absolute atomic E-state index is 0.0494. The highest BCUT2D eigenvalue weighted by Crippen LogP contribution is 2.20. The van der Waals surface area contributed by atoms with Crippen molar-refractivity contribution in [2.45, 2.75) is 19.8 Å². The quantitative estimate of drug-likeness (QED) is 0.927. The van der Waals surface area contributed by atoms with E-state index in [1.165, 1.54) is 6.20 Å². The van der Waals surface area contributed by atoms with Gasteiger partial charge in [-0.1, -0.05) is 11.6 Å². The molecular weight excluding hydrogens is 326 g/mol. The van der Waals surface area contributed by atoms with Gasteiger partial charge in [-0.05, 0) is 55.7 Å². The van der Waals surface area contributed by atoms with E-state index in [1.807, 2.05) is 6.92 Å². The summed E-state index contributed by atoms with van der Waals surface area (Å²) in [6.45, 7) is 3.40. The second-order valence-corrected chi connectivity index (χ2v) is 6.28. The molecular formula is C18H18ClN3O2. The Morgan fingerprint density at radius 2 is 1.92 bits per heavy atom. The van der Waals surface area contributed by atoms with Crippen molar-refractivity contribution >= 4 is 29.1 Å². The monoisotopic (exact) mass is 343 g/mol. The van der Waals surface area contributed by atoms with Gasteiger partial charge in [-0.25, -0.2) is 0 Å². The van der Waals surface area contributed by atoms with Gasteiger partial charge < -0.3 is 10.2 Å². The fourth-order valence-electron chi connectivity index (χ4n) is 2.74. The predicted molar refractivity (Wildman–Crippen MR) is 93.5 cm³/mol. The van der Waals surface area contributed by atoms with E-state index in [0.29, 0.717) is 16.3 Å². The van der Waals surface area contributed by atoms with Gasteiger partial charge in [-0.15, -0.1) is 0 Å². The summed E-state index contributed by atoms with van der Waals surface area (Å²) in [5.74, 6) is -0.400. The van der Waals surface area contributed by atoms with Crippen LogP contribution in [0.3, 0.4) is 0 Å². The fourth-order valence-corrected chi connectivity index (χ4v) is 2.97. The third kappa shape index (κ3) is 3.57. The summed E-state index contributed by atoms with van der Waals surface area (Å²) in [5.41, 5.74) is 2.24. The van der Waals surface area contributed by atoms with Crippen molar-refractivity contribution in [3.63, 3.8) is 0 Å². The molecule has 0 atom stereocenters. The summed E-state index contributed by atoms with van der Waals surface area (Å²) in [5, 5.41) is 3.42. The van der Waals surface area contributed by atoms with Gasteiger partial charge in [0.15, 0.2) is 0 Å². The van der Waals surface area contributed by atoms with Crippen molar-refractivity contribution in [1.82, 2.24) is 9.88 Å². The zero-order valence-corrected chi connectivity index (χ0v) is 14.1. The molecule has 3 rings (SSSR count). The average molecular weight is 344 g/mol. The fraction of sp³-hybridized carbons (Fsp3) is 0.278. The van der Waals surface area contributed by atoms with Crippen LogP contribution in [0.4, 0.5) is 5.69 Å². The number of nitrogens with one attached hydrogen (secondary N) is 1. The Balaban J connectivity index is 1.77. The summed E-state index contributed by atoms with van der Waals surface area (Å²) < 4.78 is 0. The molecule has 0 spiro atoms. The van der Waals surface area contributed by atoms with Crippen molar-refractivity contribution < 1.29 is 9.59 Å². The van der Waals surface area contributed by atoms with Crippen LogP contribution in [0.15, 0.2) is 36.5 Å². The largest absolute Gasteiger partial charge is 0.339 e. The molecule has 0 unspecified atom stereocenters. The van der Waals surface area contributed by atoms with E-state index in [1.54, 1.807) is 35.2 Å². The lowest BCUT2D eigenvalue weighted by Gasteiger charge is -2.15. The number of hydrogen-bond acceptors (Lipinski definition) is 3. The molecule has 6 heteroatoms. The van der Waals surface area contributed by atoms with Gasteiger partial charge in [0.05, 0.1) is 0 Å². The molecule has 1 aromatic heterocycles. The highest BCUT2D eigenvalue weighted by molar-refractivity contribution is 6.30. The van der Waals surface area contributed by atoms with Crippen LogP contribution in [0.2, 0.25) is 5.02 Å². The second kappa shape index (κ2) is 7.01. The number of hydrogen-bond donors (Lipinski definition) is 1. The molecule has 0 aliphatic carbocycles. The smallest absolute Gasteiger partial charge is 0.274 e. The van der Waals surface area contributed by atoms with E-state index in [0.717, 1.165) is 31.5 Å². The first-order valence-electron chi connectivity index (χ1n) is 7.87. The molecule has 1 aliphatic heterocycles. The molecule has 124 valence electrons. The number of aromatic nitrogens is 1. The number of halogens is 1. The Labute approximate surface area is 145 Å². The average Bonchev–Trinajstić information content (AvgIpc) is 3.11. The molecule has 1 aromatic carbocycles. The van der Waals surface area contributed by atoms with Crippen LogP contribution in [-0.2, 0) is 0 Å². The van der Waals surface area contributed by atoms with Crippen LogP contribution in [0.1, 0.15) is 39.3 Å². The number of pyridine rings is 1. The van der Waals surface area contributed by atoms with Crippen molar-refractivity contribution in [3.05, 3.63) is 58.4 Å². The van der Waals surface area contributed by atoms with Crippen LogP contribution in [-0.4, -0.2) is 34.8 Å². The lowest BCUT2D eigenvalue weighted by Crippen LogP contribution is -2.28. The van der Waals surface area contributed by atoms with Gasteiger partial charge in [-0.2, -0.15) is 0 Å². The standard InChI is InChI=1S/C18H18ClN3O2/c1-12-10-14(19)4-5-15(12)21-17(23)16-11-13(6-7-20-16)18(24)22-8-2-3-9-22/h4-7,10-11H,2-3,8-9H2,1H3,(H,21,23). The first-order chi connectivity index (χ1) is 11.5. The first-order valence-corrected chi connectivity index (χ1v) is 8.25. The zero-order chi connectivity index (χ0) is 17.1. The van der Waals surface area contributed by atoms with Crippen LogP contribution < -0.4 is 5.32 Å². The Morgan fingerprint density at radius 3 is 2.62 bits per heavy atom. The summed E-state index contributed by atoms with van der Waals surface area (Å²) in [4.78, 5) is 30.7.